The quantitative estimate of drug-likeness (QED) is 0.258. The minimum Gasteiger partial charge on any atom is -0.496 e. The summed E-state index contributed by atoms with van der Waals surface area (Å²) in [5.74, 6) is 0.516. The van der Waals surface area contributed by atoms with Crippen molar-refractivity contribution in [1.82, 2.24) is 0 Å². The van der Waals surface area contributed by atoms with Crippen molar-refractivity contribution >= 4 is 56.3 Å². The standard InChI is InChI=1S/C23H19Br2O6P/c1-29-14-11-17(30-2)19(18(12-14)31-3)23(27)32(28)22-16(24)10-9-15(20(22)25)21(26)13-7-5-4-6-8-13/h4-12,32H,1-3H3. The van der Waals surface area contributed by atoms with Gasteiger partial charge in [0.05, 0.1) is 21.3 Å². The normalized spacial score (nSPS) is 11.5. The van der Waals surface area contributed by atoms with Gasteiger partial charge in [0.15, 0.2) is 13.6 Å². The van der Waals surface area contributed by atoms with Gasteiger partial charge >= 0.3 is 0 Å². The molecule has 166 valence electrons. The highest BCUT2D eigenvalue weighted by atomic mass is 79.9. The second-order valence-corrected chi connectivity index (χ2v) is 9.80. The molecule has 0 spiro atoms. The number of hydrogen-bond acceptors (Lipinski definition) is 6. The van der Waals surface area contributed by atoms with Gasteiger partial charge in [-0.2, -0.15) is 0 Å². The van der Waals surface area contributed by atoms with Gasteiger partial charge in [0, 0.05) is 37.5 Å². The molecule has 0 saturated carbocycles. The number of carbonyl (C=O) groups is 2. The number of ketones is 1. The molecule has 0 radical (unpaired) electrons. The largest absolute Gasteiger partial charge is 0.496 e. The van der Waals surface area contributed by atoms with Gasteiger partial charge in [-0.3, -0.25) is 9.59 Å². The molecule has 0 aliphatic heterocycles. The Hall–Kier alpha value is -2.41. The first kappa shape index (κ1) is 24.2. The van der Waals surface area contributed by atoms with Gasteiger partial charge in [0.1, 0.15) is 22.8 Å². The van der Waals surface area contributed by atoms with E-state index in [-0.39, 0.29) is 28.2 Å². The van der Waals surface area contributed by atoms with Crippen molar-refractivity contribution in [2.75, 3.05) is 21.3 Å². The van der Waals surface area contributed by atoms with Crippen molar-refractivity contribution in [3.8, 4) is 17.2 Å². The fraction of sp³-hybridized carbons (Fsp3) is 0.130. The van der Waals surface area contributed by atoms with Crippen LogP contribution in [-0.2, 0) is 4.57 Å². The van der Waals surface area contributed by atoms with E-state index < -0.39 is 13.3 Å². The summed E-state index contributed by atoms with van der Waals surface area (Å²) >= 11 is 6.78. The van der Waals surface area contributed by atoms with Crippen molar-refractivity contribution in [3.05, 3.63) is 80.2 Å². The second-order valence-electron chi connectivity index (χ2n) is 6.54. The zero-order valence-electron chi connectivity index (χ0n) is 17.4. The summed E-state index contributed by atoms with van der Waals surface area (Å²) in [6, 6.07) is 15.0. The lowest BCUT2D eigenvalue weighted by atomic mass is 10.0. The third-order valence-electron chi connectivity index (χ3n) is 4.75. The summed E-state index contributed by atoms with van der Waals surface area (Å²) in [5, 5.41) is 0.210. The van der Waals surface area contributed by atoms with Crippen LogP contribution in [0.2, 0.25) is 0 Å². The fourth-order valence-corrected chi connectivity index (χ4v) is 6.67. The van der Waals surface area contributed by atoms with Crippen LogP contribution >= 0.6 is 39.7 Å². The average molecular weight is 582 g/mol. The van der Waals surface area contributed by atoms with Crippen LogP contribution in [0.5, 0.6) is 17.2 Å². The van der Waals surface area contributed by atoms with Crippen LogP contribution in [0.4, 0.5) is 0 Å². The molecule has 0 amide bonds. The summed E-state index contributed by atoms with van der Waals surface area (Å²) in [6.07, 6.45) is 0. The van der Waals surface area contributed by atoms with Crippen molar-refractivity contribution in [2.45, 2.75) is 0 Å². The maximum absolute atomic E-state index is 13.5. The molecule has 32 heavy (non-hydrogen) atoms. The molecular weight excluding hydrogens is 563 g/mol. The smallest absolute Gasteiger partial charge is 0.230 e. The molecule has 3 rings (SSSR count). The van der Waals surface area contributed by atoms with Gasteiger partial charge in [-0.15, -0.1) is 0 Å². The molecule has 1 atom stereocenters. The number of ether oxygens (including phenoxy) is 3. The number of hydrogen-bond donors (Lipinski definition) is 0. The molecule has 0 aliphatic rings. The van der Waals surface area contributed by atoms with Crippen LogP contribution in [-0.4, -0.2) is 32.6 Å². The Bertz CT molecular complexity index is 1190. The second kappa shape index (κ2) is 10.5. The Morgan fingerprint density at radius 1 is 0.844 bits per heavy atom. The third-order valence-corrected chi connectivity index (χ3v) is 8.60. The number of carbonyl (C=O) groups excluding carboxylic acids is 2. The van der Waals surface area contributed by atoms with E-state index in [0.29, 0.717) is 25.8 Å². The maximum atomic E-state index is 13.5. The van der Waals surface area contributed by atoms with E-state index in [4.69, 9.17) is 14.2 Å². The highest BCUT2D eigenvalue weighted by molar-refractivity contribution is 9.11. The Morgan fingerprint density at radius 2 is 1.44 bits per heavy atom. The molecule has 0 bridgehead atoms. The maximum Gasteiger partial charge on any atom is 0.230 e. The minimum atomic E-state index is -3.11. The molecule has 9 heteroatoms. The lowest BCUT2D eigenvalue weighted by molar-refractivity contribution is 0.103. The van der Waals surface area contributed by atoms with Gasteiger partial charge in [0.25, 0.3) is 0 Å². The van der Waals surface area contributed by atoms with E-state index in [1.54, 1.807) is 36.4 Å². The number of halogens is 2. The Kier molecular flexibility index (Phi) is 7.93. The summed E-state index contributed by atoms with van der Waals surface area (Å²) in [5.41, 5.74) is 0.149. The first-order valence-corrected chi connectivity index (χ1v) is 12.3. The zero-order chi connectivity index (χ0) is 23.4. The lowest BCUT2D eigenvalue weighted by Gasteiger charge is -2.16. The van der Waals surface area contributed by atoms with E-state index in [1.165, 1.54) is 33.5 Å². The topological polar surface area (TPSA) is 78.9 Å². The van der Waals surface area contributed by atoms with Crippen LogP contribution in [0.3, 0.4) is 0 Å². The SMILES string of the molecule is COc1cc(OC)c(C(=O)[PH](=O)c2c(Br)ccc(C(=O)c3ccccc3)c2Br)c(OC)c1. The fourth-order valence-electron chi connectivity index (χ4n) is 3.14. The molecule has 1 unspecified atom stereocenters. The van der Waals surface area contributed by atoms with E-state index in [9.17, 15) is 14.2 Å². The van der Waals surface area contributed by atoms with Crippen LogP contribution in [0, 0.1) is 0 Å². The monoisotopic (exact) mass is 580 g/mol. The van der Waals surface area contributed by atoms with Crippen molar-refractivity contribution in [1.29, 1.82) is 0 Å². The van der Waals surface area contributed by atoms with Crippen LogP contribution in [0.1, 0.15) is 26.3 Å². The van der Waals surface area contributed by atoms with Gasteiger partial charge < -0.3 is 18.8 Å². The van der Waals surface area contributed by atoms with Crippen molar-refractivity contribution in [3.63, 3.8) is 0 Å². The van der Waals surface area contributed by atoms with Crippen LogP contribution in [0.25, 0.3) is 0 Å². The van der Waals surface area contributed by atoms with Crippen molar-refractivity contribution < 1.29 is 28.4 Å². The molecule has 0 saturated heterocycles. The summed E-state index contributed by atoms with van der Waals surface area (Å²) in [6.45, 7) is 0. The molecule has 3 aromatic rings. The van der Waals surface area contributed by atoms with Gasteiger partial charge in [-0.05, 0) is 44.0 Å². The lowest BCUT2D eigenvalue weighted by Crippen LogP contribution is -2.14. The summed E-state index contributed by atoms with van der Waals surface area (Å²) < 4.78 is 30.1. The van der Waals surface area contributed by atoms with Gasteiger partial charge in [-0.25, -0.2) is 0 Å². The molecule has 0 heterocycles. The molecule has 3 aromatic carbocycles. The van der Waals surface area contributed by atoms with Gasteiger partial charge in [-0.1, -0.05) is 30.3 Å². The van der Waals surface area contributed by atoms with Crippen LogP contribution < -0.4 is 19.5 Å². The first-order valence-electron chi connectivity index (χ1n) is 9.30. The average Bonchev–Trinajstić information content (AvgIpc) is 2.82. The zero-order valence-corrected chi connectivity index (χ0v) is 21.6. The summed E-state index contributed by atoms with van der Waals surface area (Å²) in [4.78, 5) is 26.4. The Labute approximate surface area is 202 Å². The molecule has 0 aliphatic carbocycles. The highest BCUT2D eigenvalue weighted by Crippen LogP contribution is 2.42. The predicted molar refractivity (Wildman–Crippen MR) is 131 cm³/mol. The first-order chi connectivity index (χ1) is 15.3. The van der Waals surface area contributed by atoms with E-state index in [0.717, 1.165) is 0 Å². The number of methoxy groups -OCH3 is 3. The molecule has 0 fully saturated rings. The number of benzene rings is 3. The van der Waals surface area contributed by atoms with E-state index in [1.807, 2.05) is 6.07 Å². The van der Waals surface area contributed by atoms with E-state index in [2.05, 4.69) is 31.9 Å². The predicted octanol–water partition coefficient (Wildman–Crippen LogP) is 5.49. The Morgan fingerprint density at radius 3 is 1.97 bits per heavy atom. The molecular formula is C23H19Br2O6P. The summed E-state index contributed by atoms with van der Waals surface area (Å²) in [7, 11) is 1.15. The third kappa shape index (κ3) is 4.68. The van der Waals surface area contributed by atoms with E-state index >= 15 is 0 Å². The van der Waals surface area contributed by atoms with Gasteiger partial charge in [0.2, 0.25) is 5.52 Å². The molecule has 0 N–H and O–H groups in total. The molecule has 6 nitrogen and oxygen atoms in total. The highest BCUT2D eigenvalue weighted by Gasteiger charge is 2.29. The minimum absolute atomic E-state index is 0.0401. The van der Waals surface area contributed by atoms with Crippen LogP contribution in [0.15, 0.2) is 63.5 Å². The molecule has 0 aromatic heterocycles. The van der Waals surface area contributed by atoms with Crippen molar-refractivity contribution in [2.24, 2.45) is 0 Å². The number of rotatable bonds is 8. The Balaban J connectivity index is 2.11.